The summed E-state index contributed by atoms with van der Waals surface area (Å²) in [4.78, 5) is 17.0. The molecule has 1 amide bonds. The van der Waals surface area contributed by atoms with Gasteiger partial charge in [-0.05, 0) is 25.8 Å². The molecule has 0 aliphatic heterocycles. The first-order chi connectivity index (χ1) is 10.4. The van der Waals surface area contributed by atoms with Crippen molar-refractivity contribution in [3.05, 3.63) is 33.6 Å². The number of hydrogen-bond acceptors (Lipinski definition) is 4. The molecule has 2 aromatic heterocycles. The SMILES string of the molecule is Cc1cnc(NC(=O)/C=C/c2c(C)nn(CC(C)C)c2Cl)s1. The summed E-state index contributed by atoms with van der Waals surface area (Å²) in [5.74, 6) is 0.214. The molecular weight excluding hydrogens is 320 g/mol. The number of nitrogens with zero attached hydrogens (tertiary/aromatic N) is 3. The van der Waals surface area contributed by atoms with E-state index in [1.807, 2.05) is 13.8 Å². The maximum Gasteiger partial charge on any atom is 0.250 e. The first-order valence-corrected chi connectivity index (χ1v) is 8.20. The van der Waals surface area contributed by atoms with Crippen LogP contribution >= 0.6 is 22.9 Å². The molecule has 0 spiro atoms. The predicted molar refractivity (Wildman–Crippen MR) is 91.3 cm³/mol. The van der Waals surface area contributed by atoms with Crippen LogP contribution in [0.3, 0.4) is 0 Å². The van der Waals surface area contributed by atoms with Crippen molar-refractivity contribution >= 4 is 40.1 Å². The Labute approximate surface area is 139 Å². The fourth-order valence-electron chi connectivity index (χ4n) is 1.94. The average Bonchev–Trinajstić information content (AvgIpc) is 2.92. The largest absolute Gasteiger partial charge is 0.298 e. The Morgan fingerprint density at radius 3 is 2.82 bits per heavy atom. The van der Waals surface area contributed by atoms with Crippen molar-refractivity contribution in [1.29, 1.82) is 0 Å². The van der Waals surface area contributed by atoms with Crippen LogP contribution in [0.15, 0.2) is 12.3 Å². The van der Waals surface area contributed by atoms with Gasteiger partial charge in [0.25, 0.3) is 0 Å². The first kappa shape index (κ1) is 16.7. The summed E-state index contributed by atoms with van der Waals surface area (Å²) in [7, 11) is 0. The normalized spacial score (nSPS) is 11.5. The second-order valence-electron chi connectivity index (χ2n) is 5.46. The van der Waals surface area contributed by atoms with E-state index in [4.69, 9.17) is 11.6 Å². The van der Waals surface area contributed by atoms with E-state index in [0.717, 1.165) is 22.7 Å². The van der Waals surface area contributed by atoms with Crippen molar-refractivity contribution < 1.29 is 4.79 Å². The van der Waals surface area contributed by atoms with Gasteiger partial charge in [0, 0.05) is 29.3 Å². The number of amides is 1. The third-order valence-electron chi connectivity index (χ3n) is 2.90. The van der Waals surface area contributed by atoms with Gasteiger partial charge in [-0.1, -0.05) is 25.4 Å². The van der Waals surface area contributed by atoms with Crippen molar-refractivity contribution in [3.63, 3.8) is 0 Å². The predicted octanol–water partition coefficient (Wildman–Crippen LogP) is 3.92. The molecule has 0 saturated carbocycles. The summed E-state index contributed by atoms with van der Waals surface area (Å²) < 4.78 is 1.77. The Bertz CT molecular complexity index is 702. The minimum atomic E-state index is -0.235. The Hall–Kier alpha value is -1.66. The zero-order chi connectivity index (χ0) is 16.3. The minimum Gasteiger partial charge on any atom is -0.298 e. The highest BCUT2D eigenvalue weighted by Gasteiger charge is 2.12. The van der Waals surface area contributed by atoms with Gasteiger partial charge in [0.1, 0.15) is 5.15 Å². The zero-order valence-electron chi connectivity index (χ0n) is 13.1. The molecule has 0 saturated heterocycles. The van der Waals surface area contributed by atoms with Gasteiger partial charge in [0.05, 0.1) is 5.69 Å². The Morgan fingerprint density at radius 2 is 2.23 bits per heavy atom. The molecule has 2 rings (SSSR count). The van der Waals surface area contributed by atoms with Crippen molar-refractivity contribution in [2.24, 2.45) is 5.92 Å². The lowest BCUT2D eigenvalue weighted by atomic mass is 10.2. The lowest BCUT2D eigenvalue weighted by Gasteiger charge is -2.05. The molecule has 0 aromatic carbocycles. The minimum absolute atomic E-state index is 0.235. The number of halogens is 1. The van der Waals surface area contributed by atoms with Crippen LogP contribution in [0.4, 0.5) is 5.13 Å². The van der Waals surface area contributed by atoms with Crippen LogP contribution in [0, 0.1) is 19.8 Å². The first-order valence-electron chi connectivity index (χ1n) is 7.01. The van der Waals surface area contributed by atoms with E-state index in [1.54, 1.807) is 17.0 Å². The van der Waals surface area contributed by atoms with Gasteiger partial charge < -0.3 is 0 Å². The van der Waals surface area contributed by atoms with Crippen LogP contribution in [0.2, 0.25) is 5.15 Å². The standard InChI is InChI=1S/C15H19ClN4OS/c1-9(2)8-20-14(16)12(11(4)19-20)5-6-13(21)18-15-17-7-10(3)22-15/h5-7,9H,8H2,1-4H3,(H,17,18,21)/b6-5+. The molecule has 22 heavy (non-hydrogen) atoms. The summed E-state index contributed by atoms with van der Waals surface area (Å²) in [5, 5.41) is 8.27. The second-order valence-corrected chi connectivity index (χ2v) is 7.06. The number of carbonyl (C=O) groups is 1. The van der Waals surface area contributed by atoms with Crippen LogP contribution in [0.1, 0.15) is 30.0 Å². The Kier molecular flexibility index (Phi) is 5.37. The van der Waals surface area contributed by atoms with E-state index in [2.05, 4.69) is 29.2 Å². The van der Waals surface area contributed by atoms with Crippen LogP contribution < -0.4 is 5.32 Å². The molecule has 7 heteroatoms. The third kappa shape index (κ3) is 4.18. The van der Waals surface area contributed by atoms with E-state index in [9.17, 15) is 4.79 Å². The topological polar surface area (TPSA) is 59.8 Å². The summed E-state index contributed by atoms with van der Waals surface area (Å²) in [6.07, 6.45) is 4.87. The Balaban J connectivity index is 2.09. The smallest absolute Gasteiger partial charge is 0.250 e. The molecule has 118 valence electrons. The lowest BCUT2D eigenvalue weighted by Crippen LogP contribution is -2.07. The van der Waals surface area contributed by atoms with Gasteiger partial charge in [-0.15, -0.1) is 11.3 Å². The molecule has 2 heterocycles. The van der Waals surface area contributed by atoms with Crippen LogP contribution in [0.25, 0.3) is 6.08 Å². The van der Waals surface area contributed by atoms with E-state index in [-0.39, 0.29) is 5.91 Å². The van der Waals surface area contributed by atoms with E-state index >= 15 is 0 Å². The molecule has 0 radical (unpaired) electrons. The molecule has 0 aliphatic carbocycles. The number of thiazole rings is 1. The summed E-state index contributed by atoms with van der Waals surface area (Å²) in [6, 6.07) is 0. The highest BCUT2D eigenvalue weighted by Crippen LogP contribution is 2.22. The number of hydrogen-bond donors (Lipinski definition) is 1. The third-order valence-corrected chi connectivity index (χ3v) is 4.13. The van der Waals surface area contributed by atoms with E-state index < -0.39 is 0 Å². The van der Waals surface area contributed by atoms with E-state index in [0.29, 0.717) is 16.2 Å². The van der Waals surface area contributed by atoms with Crippen molar-refractivity contribution in [3.8, 4) is 0 Å². The molecule has 2 aromatic rings. The quantitative estimate of drug-likeness (QED) is 0.840. The average molecular weight is 339 g/mol. The van der Waals surface area contributed by atoms with Crippen LogP contribution in [-0.2, 0) is 11.3 Å². The second kappa shape index (κ2) is 7.07. The molecule has 5 nitrogen and oxygen atoms in total. The van der Waals surface area contributed by atoms with Gasteiger partial charge in [0.15, 0.2) is 5.13 Å². The van der Waals surface area contributed by atoms with Gasteiger partial charge >= 0.3 is 0 Å². The summed E-state index contributed by atoms with van der Waals surface area (Å²) in [5.41, 5.74) is 1.58. The molecule has 0 bridgehead atoms. The summed E-state index contributed by atoms with van der Waals surface area (Å²) >= 11 is 7.76. The van der Waals surface area contributed by atoms with Gasteiger partial charge in [0.2, 0.25) is 5.91 Å². The number of aryl methyl sites for hydroxylation is 2. The fourth-order valence-corrected chi connectivity index (χ4v) is 2.92. The van der Waals surface area contributed by atoms with Crippen LogP contribution in [0.5, 0.6) is 0 Å². The maximum absolute atomic E-state index is 11.9. The summed E-state index contributed by atoms with van der Waals surface area (Å²) in [6.45, 7) is 8.77. The number of anilines is 1. The number of nitrogens with one attached hydrogen (secondary N) is 1. The number of carbonyl (C=O) groups excluding carboxylic acids is 1. The number of rotatable bonds is 5. The maximum atomic E-state index is 11.9. The molecular formula is C15H19ClN4OS. The monoisotopic (exact) mass is 338 g/mol. The van der Waals surface area contributed by atoms with E-state index in [1.165, 1.54) is 17.4 Å². The Morgan fingerprint density at radius 1 is 1.50 bits per heavy atom. The molecule has 0 fully saturated rings. The highest BCUT2D eigenvalue weighted by atomic mass is 35.5. The van der Waals surface area contributed by atoms with Crippen LogP contribution in [-0.4, -0.2) is 20.7 Å². The van der Waals surface area contributed by atoms with Gasteiger partial charge in [-0.25, -0.2) is 4.98 Å². The molecule has 0 atom stereocenters. The van der Waals surface area contributed by atoms with Gasteiger partial charge in [-0.2, -0.15) is 5.10 Å². The zero-order valence-corrected chi connectivity index (χ0v) is 14.6. The number of aromatic nitrogens is 3. The highest BCUT2D eigenvalue weighted by molar-refractivity contribution is 7.15. The fraction of sp³-hybridized carbons (Fsp3) is 0.400. The molecule has 0 aliphatic rings. The molecule has 0 unspecified atom stereocenters. The van der Waals surface area contributed by atoms with Crippen molar-refractivity contribution in [2.45, 2.75) is 34.2 Å². The molecule has 1 N–H and O–H groups in total. The van der Waals surface area contributed by atoms with Crippen molar-refractivity contribution in [2.75, 3.05) is 5.32 Å². The van der Waals surface area contributed by atoms with Crippen molar-refractivity contribution in [1.82, 2.24) is 14.8 Å². The lowest BCUT2D eigenvalue weighted by molar-refractivity contribution is -0.111. The van der Waals surface area contributed by atoms with Gasteiger partial charge in [-0.3, -0.25) is 14.8 Å².